The summed E-state index contributed by atoms with van der Waals surface area (Å²) in [6.45, 7) is 6.47. The van der Waals surface area contributed by atoms with Gasteiger partial charge in [0, 0.05) is 23.2 Å². The van der Waals surface area contributed by atoms with Crippen LogP contribution < -0.4 is 21.1 Å². The molecule has 2 aromatic carbocycles. The van der Waals surface area contributed by atoms with Gasteiger partial charge in [-0.2, -0.15) is 0 Å². The van der Waals surface area contributed by atoms with Crippen LogP contribution in [0.1, 0.15) is 19.4 Å². The lowest BCUT2D eigenvalue weighted by molar-refractivity contribution is -0.119. The van der Waals surface area contributed by atoms with Crippen LogP contribution in [0.3, 0.4) is 0 Å². The van der Waals surface area contributed by atoms with E-state index in [-0.39, 0.29) is 6.61 Å². The van der Waals surface area contributed by atoms with Crippen molar-refractivity contribution in [2.75, 3.05) is 26.2 Å². The molecule has 0 radical (unpaired) electrons. The van der Waals surface area contributed by atoms with Gasteiger partial charge < -0.3 is 21.1 Å². The average Bonchev–Trinajstić information content (AvgIpc) is 2.72. The fraction of sp³-hybridized carbons (Fsp3) is 0.364. The Labute approximate surface area is 177 Å². The van der Waals surface area contributed by atoms with E-state index < -0.39 is 5.91 Å². The molecule has 0 saturated carbocycles. The minimum absolute atomic E-state index is 0.107. The van der Waals surface area contributed by atoms with Crippen molar-refractivity contribution in [2.45, 2.75) is 30.4 Å². The number of thioether (sulfide) groups is 1. The maximum Gasteiger partial charge on any atom is 0.255 e. The molecule has 0 aromatic heterocycles. The number of carbonyl (C=O) groups is 1. The number of aliphatic imine (C=N–C) groups is 1. The smallest absolute Gasteiger partial charge is 0.255 e. The van der Waals surface area contributed by atoms with E-state index in [1.165, 1.54) is 10.5 Å². The number of nitrogens with zero attached hydrogens (tertiary/aromatic N) is 1. The maximum atomic E-state index is 10.8. The Morgan fingerprint density at radius 1 is 1.14 bits per heavy atom. The van der Waals surface area contributed by atoms with E-state index in [0.29, 0.717) is 11.0 Å². The van der Waals surface area contributed by atoms with Crippen molar-refractivity contribution in [2.24, 2.45) is 10.7 Å². The molecular formula is C22H30N4O2S. The van der Waals surface area contributed by atoms with Crippen LogP contribution in [0.15, 0.2) is 64.5 Å². The van der Waals surface area contributed by atoms with E-state index in [0.717, 1.165) is 32.0 Å². The average molecular weight is 415 g/mol. The Bertz CT molecular complexity index is 766. The van der Waals surface area contributed by atoms with Crippen LogP contribution in [0.5, 0.6) is 5.75 Å². The standard InChI is InChI=1S/C22H30N4O2S/c1-3-24-22(26-15-17(2)29-20-7-5-4-6-8-20)25-14-13-18-9-11-19(12-10-18)28-16-21(23)27/h4-12,17H,3,13-16H2,1-2H3,(H2,23,27)(H2,24,25,26). The third-order valence-corrected chi connectivity index (χ3v) is 5.04. The van der Waals surface area contributed by atoms with Crippen LogP contribution in [-0.4, -0.2) is 43.4 Å². The Balaban J connectivity index is 1.77. The first-order chi connectivity index (χ1) is 14.1. The molecule has 0 heterocycles. The Morgan fingerprint density at radius 2 is 1.86 bits per heavy atom. The maximum absolute atomic E-state index is 10.8. The number of nitrogens with two attached hydrogens (primary N) is 1. The highest BCUT2D eigenvalue weighted by atomic mass is 32.2. The lowest BCUT2D eigenvalue weighted by atomic mass is 10.1. The highest BCUT2D eigenvalue weighted by Gasteiger charge is 2.05. The second-order valence-corrected chi connectivity index (χ2v) is 8.05. The van der Waals surface area contributed by atoms with Crippen molar-refractivity contribution in [3.8, 4) is 5.75 Å². The summed E-state index contributed by atoms with van der Waals surface area (Å²) >= 11 is 1.83. The fourth-order valence-electron chi connectivity index (χ4n) is 2.56. The summed E-state index contributed by atoms with van der Waals surface area (Å²) < 4.78 is 5.27. The normalized spacial score (nSPS) is 12.3. The molecule has 0 saturated heterocycles. The van der Waals surface area contributed by atoms with E-state index in [1.807, 2.05) is 42.1 Å². The minimum Gasteiger partial charge on any atom is -0.484 e. The number of benzene rings is 2. The largest absolute Gasteiger partial charge is 0.484 e. The molecule has 156 valence electrons. The highest BCUT2D eigenvalue weighted by Crippen LogP contribution is 2.22. The summed E-state index contributed by atoms with van der Waals surface area (Å²) in [6, 6.07) is 18.1. The zero-order valence-electron chi connectivity index (χ0n) is 17.1. The van der Waals surface area contributed by atoms with Crippen molar-refractivity contribution in [1.29, 1.82) is 0 Å². The monoisotopic (exact) mass is 414 g/mol. The van der Waals surface area contributed by atoms with Gasteiger partial charge >= 0.3 is 0 Å². The van der Waals surface area contributed by atoms with Crippen molar-refractivity contribution in [3.05, 3.63) is 60.2 Å². The second-order valence-electron chi connectivity index (χ2n) is 6.54. The predicted octanol–water partition coefficient (Wildman–Crippen LogP) is 2.83. The van der Waals surface area contributed by atoms with Gasteiger partial charge in [0.25, 0.3) is 5.91 Å². The number of primary amides is 1. The molecule has 0 fully saturated rings. The van der Waals surface area contributed by atoms with Gasteiger partial charge in [-0.25, -0.2) is 0 Å². The zero-order chi connectivity index (χ0) is 20.9. The van der Waals surface area contributed by atoms with Gasteiger partial charge in [0.2, 0.25) is 0 Å². The molecule has 2 aromatic rings. The number of carbonyl (C=O) groups excluding carboxylic acids is 1. The number of guanidine groups is 1. The van der Waals surface area contributed by atoms with Crippen molar-refractivity contribution in [1.82, 2.24) is 10.6 Å². The van der Waals surface area contributed by atoms with Crippen molar-refractivity contribution >= 4 is 23.6 Å². The van der Waals surface area contributed by atoms with Gasteiger partial charge in [-0.15, -0.1) is 11.8 Å². The number of hydrogen-bond acceptors (Lipinski definition) is 4. The van der Waals surface area contributed by atoms with E-state index in [4.69, 9.17) is 15.5 Å². The molecule has 29 heavy (non-hydrogen) atoms. The van der Waals surface area contributed by atoms with E-state index in [9.17, 15) is 4.79 Å². The van der Waals surface area contributed by atoms with Crippen LogP contribution in [-0.2, 0) is 11.2 Å². The molecule has 1 atom stereocenters. The molecule has 0 aliphatic carbocycles. The molecule has 2 rings (SSSR count). The molecule has 0 bridgehead atoms. The zero-order valence-corrected chi connectivity index (χ0v) is 17.9. The summed E-state index contributed by atoms with van der Waals surface area (Å²) in [7, 11) is 0. The van der Waals surface area contributed by atoms with Gasteiger partial charge in [-0.1, -0.05) is 37.3 Å². The molecule has 0 aliphatic heterocycles. The fourth-order valence-corrected chi connectivity index (χ4v) is 3.49. The van der Waals surface area contributed by atoms with Gasteiger partial charge in [0.15, 0.2) is 12.6 Å². The molecule has 0 aliphatic rings. The Morgan fingerprint density at radius 3 is 2.52 bits per heavy atom. The van der Waals surface area contributed by atoms with Crippen LogP contribution in [0.2, 0.25) is 0 Å². The van der Waals surface area contributed by atoms with E-state index in [1.54, 1.807) is 0 Å². The quantitative estimate of drug-likeness (QED) is 0.299. The van der Waals surface area contributed by atoms with E-state index in [2.05, 4.69) is 48.7 Å². The number of amides is 1. The number of nitrogens with one attached hydrogen (secondary N) is 2. The summed E-state index contributed by atoms with van der Waals surface area (Å²) in [5.41, 5.74) is 6.25. The topological polar surface area (TPSA) is 88.7 Å². The second kappa shape index (κ2) is 12.7. The number of hydrogen-bond donors (Lipinski definition) is 3. The first-order valence-corrected chi connectivity index (χ1v) is 10.7. The molecule has 7 heteroatoms. The minimum atomic E-state index is -0.481. The first-order valence-electron chi connectivity index (χ1n) is 9.80. The number of rotatable bonds is 11. The van der Waals surface area contributed by atoms with Crippen molar-refractivity contribution < 1.29 is 9.53 Å². The Kier molecular flexibility index (Phi) is 9.92. The lowest BCUT2D eigenvalue weighted by Gasteiger charge is -2.13. The van der Waals surface area contributed by atoms with Gasteiger partial charge in [0.05, 0.1) is 6.54 Å². The molecule has 0 spiro atoms. The third-order valence-electron chi connectivity index (χ3n) is 3.94. The van der Waals surface area contributed by atoms with Crippen LogP contribution >= 0.6 is 11.8 Å². The lowest BCUT2D eigenvalue weighted by Crippen LogP contribution is -2.38. The Hall–Kier alpha value is -2.67. The predicted molar refractivity (Wildman–Crippen MR) is 121 cm³/mol. The highest BCUT2D eigenvalue weighted by molar-refractivity contribution is 8.00. The van der Waals surface area contributed by atoms with Gasteiger partial charge in [0.1, 0.15) is 5.75 Å². The summed E-state index contributed by atoms with van der Waals surface area (Å²) in [5, 5.41) is 7.06. The van der Waals surface area contributed by atoms with Crippen molar-refractivity contribution in [3.63, 3.8) is 0 Å². The van der Waals surface area contributed by atoms with Crippen LogP contribution in [0.25, 0.3) is 0 Å². The van der Waals surface area contributed by atoms with E-state index >= 15 is 0 Å². The molecule has 1 amide bonds. The van der Waals surface area contributed by atoms with Gasteiger partial charge in [-0.3, -0.25) is 9.79 Å². The van der Waals surface area contributed by atoms with Crippen LogP contribution in [0, 0.1) is 0 Å². The summed E-state index contributed by atoms with van der Waals surface area (Å²) in [4.78, 5) is 16.7. The number of ether oxygens (including phenoxy) is 1. The van der Waals surface area contributed by atoms with Crippen LogP contribution in [0.4, 0.5) is 0 Å². The molecular weight excluding hydrogens is 384 g/mol. The molecule has 1 unspecified atom stereocenters. The summed E-state index contributed by atoms with van der Waals surface area (Å²) in [5.74, 6) is 0.986. The molecule has 4 N–H and O–H groups in total. The first kappa shape index (κ1) is 22.6. The SMILES string of the molecule is CCNC(=NCC(C)Sc1ccccc1)NCCc1ccc(OCC(N)=O)cc1. The third kappa shape index (κ3) is 9.38. The van der Waals surface area contributed by atoms with Gasteiger partial charge in [-0.05, 0) is 43.2 Å². The molecule has 6 nitrogen and oxygen atoms in total. The summed E-state index contributed by atoms with van der Waals surface area (Å²) in [6.07, 6.45) is 0.856.